The fourth-order valence-corrected chi connectivity index (χ4v) is 2.52. The van der Waals surface area contributed by atoms with E-state index in [1.54, 1.807) is 41.0 Å². The molecule has 1 aliphatic carbocycles. The number of para-hydroxylation sites is 1. The van der Waals surface area contributed by atoms with Crippen molar-refractivity contribution in [1.29, 1.82) is 0 Å². The number of anilines is 1. The number of hydrogen-bond donors (Lipinski definition) is 1. The van der Waals surface area contributed by atoms with E-state index in [4.69, 9.17) is 0 Å². The number of nitrogens with zero attached hydrogens (tertiary/aromatic N) is 3. The van der Waals surface area contributed by atoms with Crippen molar-refractivity contribution < 1.29 is 9.59 Å². The third-order valence-corrected chi connectivity index (χ3v) is 4.12. The van der Waals surface area contributed by atoms with Crippen LogP contribution in [0.5, 0.6) is 0 Å². The molecule has 1 aliphatic rings. The van der Waals surface area contributed by atoms with Crippen molar-refractivity contribution >= 4 is 17.5 Å². The molecular weight excluding hydrogens is 292 g/mol. The summed E-state index contributed by atoms with van der Waals surface area (Å²) in [7, 11) is 3.56. The van der Waals surface area contributed by atoms with Gasteiger partial charge < -0.3 is 10.2 Å². The molecule has 1 aromatic heterocycles. The van der Waals surface area contributed by atoms with Crippen molar-refractivity contribution in [2.24, 2.45) is 13.0 Å². The highest BCUT2D eigenvalue weighted by Gasteiger charge is 2.33. The average Bonchev–Trinajstić information content (AvgIpc) is 3.34. The first kappa shape index (κ1) is 15.3. The Balaban J connectivity index is 1.75. The van der Waals surface area contributed by atoms with E-state index in [2.05, 4.69) is 10.4 Å². The Morgan fingerprint density at radius 3 is 2.70 bits per heavy atom. The van der Waals surface area contributed by atoms with Gasteiger partial charge in [-0.25, -0.2) is 0 Å². The zero-order chi connectivity index (χ0) is 16.4. The number of carbonyl (C=O) groups excluding carboxylic acids is 2. The molecule has 1 aromatic carbocycles. The predicted octanol–water partition coefficient (Wildman–Crippen LogP) is 1.72. The highest BCUT2D eigenvalue weighted by molar-refractivity contribution is 6.05. The lowest BCUT2D eigenvalue weighted by atomic mass is 10.1. The highest BCUT2D eigenvalue weighted by atomic mass is 16.2. The molecule has 120 valence electrons. The Morgan fingerprint density at radius 2 is 2.04 bits per heavy atom. The van der Waals surface area contributed by atoms with E-state index in [1.807, 2.05) is 19.2 Å². The summed E-state index contributed by atoms with van der Waals surface area (Å²) in [6.45, 7) is 0.393. The van der Waals surface area contributed by atoms with E-state index in [0.717, 1.165) is 18.5 Å². The van der Waals surface area contributed by atoms with Crippen LogP contribution in [-0.4, -0.2) is 28.6 Å². The maximum Gasteiger partial charge on any atom is 0.253 e. The number of hydrogen-bond acceptors (Lipinski definition) is 3. The van der Waals surface area contributed by atoms with Crippen LogP contribution in [0.4, 0.5) is 5.69 Å². The van der Waals surface area contributed by atoms with Crippen molar-refractivity contribution in [3.8, 4) is 0 Å². The van der Waals surface area contributed by atoms with Gasteiger partial charge in [0.1, 0.15) is 0 Å². The van der Waals surface area contributed by atoms with Gasteiger partial charge >= 0.3 is 0 Å². The number of aromatic nitrogens is 2. The summed E-state index contributed by atoms with van der Waals surface area (Å²) in [5.41, 5.74) is 2.07. The van der Waals surface area contributed by atoms with Gasteiger partial charge in [-0.3, -0.25) is 14.3 Å². The molecule has 2 amide bonds. The summed E-state index contributed by atoms with van der Waals surface area (Å²) in [5, 5.41) is 6.96. The lowest BCUT2D eigenvalue weighted by Gasteiger charge is -2.20. The van der Waals surface area contributed by atoms with Crippen molar-refractivity contribution in [2.75, 3.05) is 11.9 Å². The van der Waals surface area contributed by atoms with Crippen molar-refractivity contribution in [1.82, 2.24) is 15.1 Å². The van der Waals surface area contributed by atoms with Gasteiger partial charge in [-0.05, 0) is 31.0 Å². The smallest absolute Gasteiger partial charge is 0.253 e. The van der Waals surface area contributed by atoms with Crippen LogP contribution in [0.15, 0.2) is 36.5 Å². The Hall–Kier alpha value is -2.63. The number of rotatable bonds is 5. The van der Waals surface area contributed by atoms with Crippen molar-refractivity contribution in [3.05, 3.63) is 47.8 Å². The van der Waals surface area contributed by atoms with E-state index in [9.17, 15) is 9.59 Å². The fraction of sp³-hybridized carbons (Fsp3) is 0.353. The molecule has 0 aliphatic heterocycles. The molecule has 0 bridgehead atoms. The molecule has 1 saturated carbocycles. The maximum atomic E-state index is 12.5. The van der Waals surface area contributed by atoms with Gasteiger partial charge in [0.25, 0.3) is 5.91 Å². The second kappa shape index (κ2) is 6.24. The normalized spacial score (nSPS) is 13.7. The molecular formula is C17H20N4O2. The Bertz CT molecular complexity index is 734. The maximum absolute atomic E-state index is 12.5. The fourth-order valence-electron chi connectivity index (χ4n) is 2.52. The third-order valence-electron chi connectivity index (χ3n) is 4.12. The lowest BCUT2D eigenvalue weighted by Crippen LogP contribution is -2.31. The Kier molecular flexibility index (Phi) is 4.14. The minimum absolute atomic E-state index is 0.0804. The van der Waals surface area contributed by atoms with Crippen LogP contribution < -0.4 is 10.2 Å². The van der Waals surface area contributed by atoms with Crippen LogP contribution in [0.1, 0.15) is 28.9 Å². The Labute approximate surface area is 135 Å². The molecule has 0 saturated heterocycles. The first-order valence-electron chi connectivity index (χ1n) is 7.69. The zero-order valence-electron chi connectivity index (χ0n) is 13.3. The molecule has 0 radical (unpaired) electrons. The number of benzene rings is 1. The second-order valence-electron chi connectivity index (χ2n) is 5.82. The molecule has 1 heterocycles. The second-order valence-corrected chi connectivity index (χ2v) is 5.82. The zero-order valence-corrected chi connectivity index (χ0v) is 13.3. The molecule has 1 N–H and O–H groups in total. The van der Waals surface area contributed by atoms with Crippen LogP contribution in [0, 0.1) is 5.92 Å². The monoisotopic (exact) mass is 312 g/mol. The number of aryl methyl sites for hydroxylation is 1. The van der Waals surface area contributed by atoms with Gasteiger partial charge in [-0.1, -0.05) is 12.1 Å². The summed E-state index contributed by atoms with van der Waals surface area (Å²) < 4.78 is 1.72. The first-order valence-corrected chi connectivity index (χ1v) is 7.69. The van der Waals surface area contributed by atoms with Crippen LogP contribution in [0.25, 0.3) is 0 Å². The average molecular weight is 312 g/mol. The first-order chi connectivity index (χ1) is 11.1. The number of amides is 2. The minimum atomic E-state index is -0.197. The summed E-state index contributed by atoms with van der Waals surface area (Å²) in [6.07, 6.45) is 3.58. The van der Waals surface area contributed by atoms with E-state index in [-0.39, 0.29) is 17.7 Å². The van der Waals surface area contributed by atoms with E-state index >= 15 is 0 Å². The van der Waals surface area contributed by atoms with Crippen molar-refractivity contribution in [3.63, 3.8) is 0 Å². The Morgan fingerprint density at radius 1 is 1.30 bits per heavy atom. The number of nitrogens with one attached hydrogen (secondary N) is 1. The quantitative estimate of drug-likeness (QED) is 0.914. The summed E-state index contributed by atoms with van der Waals surface area (Å²) in [4.78, 5) is 26.4. The SMILES string of the molecule is CN(C(=O)C1CC1)c1ccccc1C(=O)NCc1ccnn1C. The minimum Gasteiger partial charge on any atom is -0.346 e. The third kappa shape index (κ3) is 3.26. The molecule has 2 aromatic rings. The van der Waals surface area contributed by atoms with E-state index in [1.165, 1.54) is 0 Å². The molecule has 23 heavy (non-hydrogen) atoms. The van der Waals surface area contributed by atoms with Gasteiger partial charge in [-0.2, -0.15) is 5.10 Å². The van der Waals surface area contributed by atoms with Crippen molar-refractivity contribution in [2.45, 2.75) is 19.4 Å². The highest BCUT2D eigenvalue weighted by Crippen LogP contribution is 2.33. The van der Waals surface area contributed by atoms with Crippen LogP contribution in [0.3, 0.4) is 0 Å². The van der Waals surface area contributed by atoms with Crippen LogP contribution in [-0.2, 0) is 18.4 Å². The lowest BCUT2D eigenvalue weighted by molar-refractivity contribution is -0.119. The standard InChI is InChI=1S/C17H20N4O2/c1-20(17(23)12-7-8-12)15-6-4-3-5-14(15)16(22)18-11-13-9-10-19-21(13)2/h3-6,9-10,12H,7-8,11H2,1-2H3,(H,18,22). The van der Waals surface area contributed by atoms with Gasteiger partial charge in [0.05, 0.1) is 23.5 Å². The van der Waals surface area contributed by atoms with Gasteiger partial charge in [-0.15, -0.1) is 0 Å². The van der Waals surface area contributed by atoms with Crippen LogP contribution >= 0.6 is 0 Å². The summed E-state index contributed by atoms with van der Waals surface area (Å²) in [5.74, 6) is -0.000286. The molecule has 0 spiro atoms. The van der Waals surface area contributed by atoms with Gasteiger partial charge in [0, 0.05) is 26.2 Å². The van der Waals surface area contributed by atoms with Crippen LogP contribution in [0.2, 0.25) is 0 Å². The molecule has 0 atom stereocenters. The van der Waals surface area contributed by atoms with Gasteiger partial charge in [0.2, 0.25) is 5.91 Å². The predicted molar refractivity (Wildman–Crippen MR) is 87.0 cm³/mol. The molecule has 6 heteroatoms. The largest absolute Gasteiger partial charge is 0.346 e. The van der Waals surface area contributed by atoms with E-state index in [0.29, 0.717) is 17.8 Å². The molecule has 3 rings (SSSR count). The van der Waals surface area contributed by atoms with Gasteiger partial charge in [0.15, 0.2) is 0 Å². The number of carbonyl (C=O) groups is 2. The molecule has 1 fully saturated rings. The summed E-state index contributed by atoms with van der Waals surface area (Å²) in [6, 6.07) is 9.04. The molecule has 0 unspecified atom stereocenters. The molecule has 6 nitrogen and oxygen atoms in total. The summed E-state index contributed by atoms with van der Waals surface area (Å²) >= 11 is 0. The van der Waals surface area contributed by atoms with E-state index < -0.39 is 0 Å². The topological polar surface area (TPSA) is 67.2 Å².